The van der Waals surface area contributed by atoms with Gasteiger partial charge in [0.05, 0.1) is 18.2 Å². The number of hydrogen-bond acceptors (Lipinski definition) is 3. The molecule has 1 atom stereocenters. The first kappa shape index (κ1) is 14.6. The third-order valence-corrected chi connectivity index (χ3v) is 3.40. The van der Waals surface area contributed by atoms with Crippen LogP contribution in [0.5, 0.6) is 5.75 Å². The van der Waals surface area contributed by atoms with Gasteiger partial charge in [0.2, 0.25) is 0 Å². The van der Waals surface area contributed by atoms with Crippen molar-refractivity contribution in [2.75, 3.05) is 0 Å². The molecule has 1 aromatic carbocycles. The van der Waals surface area contributed by atoms with Crippen molar-refractivity contribution in [2.45, 2.75) is 46.4 Å². The van der Waals surface area contributed by atoms with Crippen LogP contribution in [0, 0.1) is 6.92 Å². The molecule has 108 valence electrons. The molecule has 0 spiro atoms. The van der Waals surface area contributed by atoms with Gasteiger partial charge in [-0.1, -0.05) is 12.1 Å². The van der Waals surface area contributed by atoms with E-state index >= 15 is 0 Å². The van der Waals surface area contributed by atoms with Crippen molar-refractivity contribution in [1.29, 1.82) is 0 Å². The van der Waals surface area contributed by atoms with Crippen molar-refractivity contribution in [3.8, 4) is 5.75 Å². The number of imidazole rings is 1. The van der Waals surface area contributed by atoms with E-state index in [0.717, 1.165) is 22.6 Å². The van der Waals surface area contributed by atoms with Crippen LogP contribution in [-0.2, 0) is 6.61 Å². The monoisotopic (exact) mass is 273 g/mol. The summed E-state index contributed by atoms with van der Waals surface area (Å²) in [6.45, 7) is 8.82. The average molecular weight is 273 g/mol. The second-order valence-corrected chi connectivity index (χ2v) is 5.49. The maximum atomic E-state index is 5.91. The van der Waals surface area contributed by atoms with Crippen molar-refractivity contribution in [3.05, 3.63) is 47.5 Å². The largest absolute Gasteiger partial charge is 0.487 e. The molecule has 0 aliphatic rings. The second kappa shape index (κ2) is 6.09. The molecule has 20 heavy (non-hydrogen) atoms. The Labute approximate surface area is 120 Å². The highest BCUT2D eigenvalue weighted by Gasteiger charge is 2.08. The summed E-state index contributed by atoms with van der Waals surface area (Å²) in [5.41, 5.74) is 9.20. The number of ether oxygens (including phenoxy) is 1. The lowest BCUT2D eigenvalue weighted by atomic mass is 10.1. The minimum Gasteiger partial charge on any atom is -0.487 e. The lowest BCUT2D eigenvalue weighted by molar-refractivity contribution is 0.290. The van der Waals surface area contributed by atoms with Crippen LogP contribution in [0.3, 0.4) is 0 Å². The molecule has 1 unspecified atom stereocenters. The Morgan fingerprint density at radius 3 is 2.65 bits per heavy atom. The second-order valence-electron chi connectivity index (χ2n) is 5.49. The predicted octanol–water partition coefficient (Wildman–Crippen LogP) is 3.37. The van der Waals surface area contributed by atoms with Gasteiger partial charge in [0.25, 0.3) is 0 Å². The van der Waals surface area contributed by atoms with E-state index in [1.54, 1.807) is 0 Å². The Kier molecular flexibility index (Phi) is 4.45. The Morgan fingerprint density at radius 1 is 1.30 bits per heavy atom. The third-order valence-electron chi connectivity index (χ3n) is 3.40. The first-order chi connectivity index (χ1) is 9.49. The molecule has 2 aromatic rings. The van der Waals surface area contributed by atoms with Crippen molar-refractivity contribution >= 4 is 0 Å². The minimum absolute atomic E-state index is 0.0464. The first-order valence-corrected chi connectivity index (χ1v) is 6.98. The van der Waals surface area contributed by atoms with Crippen molar-refractivity contribution in [1.82, 2.24) is 9.55 Å². The number of nitrogens with two attached hydrogens (primary N) is 1. The highest BCUT2D eigenvalue weighted by atomic mass is 16.5. The van der Waals surface area contributed by atoms with E-state index < -0.39 is 0 Å². The standard InChI is InChI=1S/C16H23N3O/c1-11(2)19-10-18-8-15(19)9-20-16-6-5-14(13(4)17)7-12(16)3/h5-8,10-11,13H,9,17H2,1-4H3. The summed E-state index contributed by atoms with van der Waals surface area (Å²) in [5, 5.41) is 0. The van der Waals surface area contributed by atoms with Gasteiger partial charge in [-0.05, 0) is 44.9 Å². The number of aromatic nitrogens is 2. The summed E-state index contributed by atoms with van der Waals surface area (Å²) in [6, 6.07) is 6.53. The molecule has 0 radical (unpaired) electrons. The van der Waals surface area contributed by atoms with Gasteiger partial charge in [0.1, 0.15) is 12.4 Å². The third kappa shape index (κ3) is 3.20. The van der Waals surface area contributed by atoms with E-state index in [-0.39, 0.29) is 6.04 Å². The summed E-state index contributed by atoms with van der Waals surface area (Å²) < 4.78 is 8.02. The number of rotatable bonds is 5. The minimum atomic E-state index is 0.0464. The molecule has 4 nitrogen and oxygen atoms in total. The zero-order chi connectivity index (χ0) is 14.7. The van der Waals surface area contributed by atoms with Crippen LogP contribution in [0.4, 0.5) is 0 Å². The quantitative estimate of drug-likeness (QED) is 0.908. The molecule has 0 aliphatic heterocycles. The molecule has 0 amide bonds. The van der Waals surface area contributed by atoms with Crippen LogP contribution < -0.4 is 10.5 Å². The lowest BCUT2D eigenvalue weighted by Gasteiger charge is -2.15. The fourth-order valence-corrected chi connectivity index (χ4v) is 2.18. The Bertz CT molecular complexity index is 573. The maximum Gasteiger partial charge on any atom is 0.130 e. The highest BCUT2D eigenvalue weighted by Crippen LogP contribution is 2.23. The van der Waals surface area contributed by atoms with Gasteiger partial charge in [0, 0.05) is 12.1 Å². The lowest BCUT2D eigenvalue weighted by Crippen LogP contribution is -2.08. The first-order valence-electron chi connectivity index (χ1n) is 6.98. The van der Waals surface area contributed by atoms with Gasteiger partial charge in [-0.2, -0.15) is 0 Å². The molecule has 1 aromatic heterocycles. The van der Waals surface area contributed by atoms with E-state index in [0.29, 0.717) is 12.6 Å². The van der Waals surface area contributed by atoms with Crippen LogP contribution >= 0.6 is 0 Å². The summed E-state index contributed by atoms with van der Waals surface area (Å²) in [4.78, 5) is 4.18. The molecule has 4 heteroatoms. The molecular formula is C16H23N3O. The summed E-state index contributed by atoms with van der Waals surface area (Å²) >= 11 is 0. The SMILES string of the molecule is Cc1cc(C(C)N)ccc1OCc1cncn1C(C)C. The van der Waals surface area contributed by atoms with Gasteiger partial charge in [-0.15, -0.1) is 0 Å². The molecule has 0 saturated heterocycles. The van der Waals surface area contributed by atoms with Crippen LogP contribution in [0.2, 0.25) is 0 Å². The molecule has 0 saturated carbocycles. The smallest absolute Gasteiger partial charge is 0.130 e. The van der Waals surface area contributed by atoms with Crippen LogP contribution in [-0.4, -0.2) is 9.55 Å². The van der Waals surface area contributed by atoms with E-state index in [4.69, 9.17) is 10.5 Å². The van der Waals surface area contributed by atoms with Crippen molar-refractivity contribution in [2.24, 2.45) is 5.73 Å². The van der Waals surface area contributed by atoms with Gasteiger partial charge < -0.3 is 15.0 Å². The predicted molar refractivity (Wildman–Crippen MR) is 80.7 cm³/mol. The molecule has 0 aliphatic carbocycles. The van der Waals surface area contributed by atoms with Crippen LogP contribution in [0.1, 0.15) is 49.7 Å². The Morgan fingerprint density at radius 2 is 2.05 bits per heavy atom. The van der Waals surface area contributed by atoms with Gasteiger partial charge in [-0.25, -0.2) is 4.98 Å². The van der Waals surface area contributed by atoms with Crippen molar-refractivity contribution in [3.63, 3.8) is 0 Å². The zero-order valence-corrected chi connectivity index (χ0v) is 12.6. The molecular weight excluding hydrogens is 250 g/mol. The summed E-state index contributed by atoms with van der Waals surface area (Å²) in [7, 11) is 0. The number of benzene rings is 1. The van der Waals surface area contributed by atoms with E-state index in [9.17, 15) is 0 Å². The fourth-order valence-electron chi connectivity index (χ4n) is 2.18. The summed E-state index contributed by atoms with van der Waals surface area (Å²) in [6.07, 6.45) is 3.70. The molecule has 0 fully saturated rings. The Hall–Kier alpha value is -1.81. The molecule has 0 bridgehead atoms. The molecule has 1 heterocycles. The zero-order valence-electron chi connectivity index (χ0n) is 12.6. The van der Waals surface area contributed by atoms with E-state index in [1.807, 2.05) is 38.5 Å². The van der Waals surface area contributed by atoms with Gasteiger partial charge in [-0.3, -0.25) is 0 Å². The van der Waals surface area contributed by atoms with Crippen LogP contribution in [0.15, 0.2) is 30.7 Å². The molecule has 2 N–H and O–H groups in total. The summed E-state index contributed by atoms with van der Waals surface area (Å²) in [5.74, 6) is 0.894. The van der Waals surface area contributed by atoms with Crippen molar-refractivity contribution < 1.29 is 4.74 Å². The van der Waals surface area contributed by atoms with Gasteiger partial charge >= 0.3 is 0 Å². The fraction of sp³-hybridized carbons (Fsp3) is 0.438. The topological polar surface area (TPSA) is 53.1 Å². The van der Waals surface area contributed by atoms with Crippen LogP contribution in [0.25, 0.3) is 0 Å². The number of aryl methyl sites for hydroxylation is 1. The average Bonchev–Trinajstić information content (AvgIpc) is 2.85. The normalized spacial score (nSPS) is 12.7. The number of nitrogens with zero attached hydrogens (tertiary/aromatic N) is 2. The Balaban J connectivity index is 2.09. The molecule has 2 rings (SSSR count). The highest BCUT2D eigenvalue weighted by molar-refractivity contribution is 5.37. The maximum absolute atomic E-state index is 5.91. The van der Waals surface area contributed by atoms with E-state index in [2.05, 4.69) is 29.5 Å². The van der Waals surface area contributed by atoms with Gasteiger partial charge in [0.15, 0.2) is 0 Å². The number of hydrogen-bond donors (Lipinski definition) is 1. The van der Waals surface area contributed by atoms with E-state index in [1.165, 1.54) is 0 Å².